The smallest absolute Gasteiger partial charge is 0.240 e. The fourth-order valence-corrected chi connectivity index (χ4v) is 1.14. The molecule has 0 aromatic carbocycles. The zero-order valence-corrected chi connectivity index (χ0v) is 7.30. The van der Waals surface area contributed by atoms with Crippen LogP contribution in [0.15, 0.2) is 12.5 Å². The lowest BCUT2D eigenvalue weighted by molar-refractivity contribution is -0.121. The molecule has 5 nitrogen and oxygen atoms in total. The minimum absolute atomic E-state index is 0.305. The molecule has 1 atom stereocenters. The number of nitrogens with two attached hydrogens (primary N) is 1. The first-order valence-corrected chi connectivity index (χ1v) is 3.97. The van der Waals surface area contributed by atoms with Crippen molar-refractivity contribution in [3.63, 3.8) is 0 Å². The Morgan fingerprint density at radius 1 is 1.85 bits per heavy atom. The minimum atomic E-state index is -0.419. The second-order valence-electron chi connectivity index (χ2n) is 2.69. The summed E-state index contributed by atoms with van der Waals surface area (Å²) in [5.41, 5.74) is 5.46. The number of hydrogen-bond acceptors (Lipinski definition) is 3. The third-order valence-electron chi connectivity index (χ3n) is 1.82. The lowest BCUT2D eigenvalue weighted by atomic mass is 10.2. The first-order valence-electron chi connectivity index (χ1n) is 3.97. The van der Waals surface area contributed by atoms with Crippen molar-refractivity contribution in [1.29, 1.82) is 0 Å². The van der Waals surface area contributed by atoms with E-state index in [0.717, 1.165) is 0 Å². The second kappa shape index (κ2) is 3.84. The first kappa shape index (κ1) is 9.44. The molecule has 0 aliphatic heterocycles. The first-order chi connectivity index (χ1) is 6.19. The molecule has 1 rings (SSSR count). The SMILES string of the molecule is CCC(C(N)=O)n1cnc(C=O)c1. The Morgan fingerprint density at radius 2 is 2.54 bits per heavy atom. The van der Waals surface area contributed by atoms with Gasteiger partial charge in [-0.3, -0.25) is 9.59 Å². The van der Waals surface area contributed by atoms with Gasteiger partial charge in [0.05, 0.1) is 6.33 Å². The molecule has 13 heavy (non-hydrogen) atoms. The van der Waals surface area contributed by atoms with Crippen molar-refractivity contribution in [3.05, 3.63) is 18.2 Å². The molecule has 0 fully saturated rings. The monoisotopic (exact) mass is 181 g/mol. The Bertz CT molecular complexity index is 319. The van der Waals surface area contributed by atoms with E-state index < -0.39 is 11.9 Å². The molecule has 1 aromatic rings. The Morgan fingerprint density at radius 3 is 2.92 bits per heavy atom. The van der Waals surface area contributed by atoms with Crippen molar-refractivity contribution in [2.24, 2.45) is 5.73 Å². The number of amides is 1. The normalized spacial score (nSPS) is 12.4. The van der Waals surface area contributed by atoms with Crippen LogP contribution in [0.3, 0.4) is 0 Å². The van der Waals surface area contributed by atoms with Gasteiger partial charge in [0.2, 0.25) is 5.91 Å². The van der Waals surface area contributed by atoms with E-state index in [1.807, 2.05) is 6.92 Å². The molecule has 0 radical (unpaired) electrons. The van der Waals surface area contributed by atoms with Crippen LogP contribution in [0, 0.1) is 0 Å². The zero-order chi connectivity index (χ0) is 9.84. The summed E-state index contributed by atoms with van der Waals surface area (Å²) in [5.74, 6) is -0.419. The fraction of sp³-hybridized carbons (Fsp3) is 0.375. The van der Waals surface area contributed by atoms with Gasteiger partial charge in [0.15, 0.2) is 6.29 Å². The lowest BCUT2D eigenvalue weighted by Crippen LogP contribution is -2.25. The molecule has 2 N–H and O–H groups in total. The van der Waals surface area contributed by atoms with Crippen LogP contribution in [-0.4, -0.2) is 21.7 Å². The van der Waals surface area contributed by atoms with Gasteiger partial charge in [-0.1, -0.05) is 6.92 Å². The Labute approximate surface area is 75.6 Å². The number of imidazole rings is 1. The van der Waals surface area contributed by atoms with Gasteiger partial charge in [-0.15, -0.1) is 0 Å². The molecule has 70 valence electrons. The van der Waals surface area contributed by atoms with Crippen molar-refractivity contribution in [2.45, 2.75) is 19.4 Å². The maximum atomic E-state index is 10.9. The van der Waals surface area contributed by atoms with Crippen LogP contribution in [0.1, 0.15) is 29.9 Å². The molecular formula is C8H11N3O2. The molecule has 0 bridgehead atoms. The van der Waals surface area contributed by atoms with Gasteiger partial charge < -0.3 is 10.3 Å². The molecule has 1 aromatic heterocycles. The summed E-state index contributed by atoms with van der Waals surface area (Å²) in [6, 6.07) is -0.416. The predicted molar refractivity (Wildman–Crippen MR) is 46.1 cm³/mol. The van der Waals surface area contributed by atoms with Crippen LogP contribution in [-0.2, 0) is 4.79 Å². The molecular weight excluding hydrogens is 170 g/mol. The van der Waals surface area contributed by atoms with Crippen molar-refractivity contribution in [3.8, 4) is 0 Å². The molecule has 0 saturated heterocycles. The van der Waals surface area contributed by atoms with Gasteiger partial charge in [-0.25, -0.2) is 4.98 Å². The maximum absolute atomic E-state index is 10.9. The molecule has 0 spiro atoms. The summed E-state index contributed by atoms with van der Waals surface area (Å²) in [5, 5.41) is 0. The van der Waals surface area contributed by atoms with E-state index in [9.17, 15) is 9.59 Å². The second-order valence-corrected chi connectivity index (χ2v) is 2.69. The molecule has 0 aliphatic rings. The number of carbonyl (C=O) groups excluding carboxylic acids is 2. The lowest BCUT2D eigenvalue weighted by Gasteiger charge is -2.10. The van der Waals surface area contributed by atoms with Gasteiger partial charge >= 0.3 is 0 Å². The highest BCUT2D eigenvalue weighted by Crippen LogP contribution is 2.10. The number of hydrogen-bond donors (Lipinski definition) is 1. The zero-order valence-electron chi connectivity index (χ0n) is 7.30. The summed E-state index contributed by atoms with van der Waals surface area (Å²) < 4.78 is 1.55. The van der Waals surface area contributed by atoms with Crippen LogP contribution >= 0.6 is 0 Å². The Kier molecular flexibility index (Phi) is 2.79. The summed E-state index contributed by atoms with van der Waals surface area (Å²) >= 11 is 0. The summed E-state index contributed by atoms with van der Waals surface area (Å²) in [6.07, 6.45) is 4.16. The van der Waals surface area contributed by atoms with Crippen LogP contribution in [0.4, 0.5) is 0 Å². The summed E-state index contributed by atoms with van der Waals surface area (Å²) in [4.78, 5) is 25.0. The highest BCUT2D eigenvalue weighted by atomic mass is 16.1. The molecule has 0 aliphatic carbocycles. The fourth-order valence-electron chi connectivity index (χ4n) is 1.14. The van der Waals surface area contributed by atoms with E-state index in [-0.39, 0.29) is 0 Å². The van der Waals surface area contributed by atoms with Crippen LogP contribution < -0.4 is 5.73 Å². The number of nitrogens with zero attached hydrogens (tertiary/aromatic N) is 2. The predicted octanol–water partition coefficient (Wildman–Crippen LogP) is 0.132. The van der Waals surface area contributed by atoms with Crippen LogP contribution in [0.5, 0.6) is 0 Å². The largest absolute Gasteiger partial charge is 0.368 e. The van der Waals surface area contributed by atoms with E-state index in [4.69, 9.17) is 5.73 Å². The minimum Gasteiger partial charge on any atom is -0.368 e. The Balaban J connectivity index is 2.91. The average Bonchev–Trinajstić information content (AvgIpc) is 2.53. The standard InChI is InChI=1S/C8H11N3O2/c1-2-7(8(9)13)11-3-6(4-12)10-5-11/h3-5,7H,2H2,1H3,(H2,9,13). The van der Waals surface area contributed by atoms with Crippen molar-refractivity contribution in [2.75, 3.05) is 0 Å². The molecule has 1 unspecified atom stereocenters. The molecule has 0 saturated carbocycles. The van der Waals surface area contributed by atoms with Gasteiger partial charge in [-0.2, -0.15) is 0 Å². The maximum Gasteiger partial charge on any atom is 0.240 e. The topological polar surface area (TPSA) is 78.0 Å². The average molecular weight is 181 g/mol. The number of primary amides is 1. The van der Waals surface area contributed by atoms with Gasteiger partial charge in [0.1, 0.15) is 11.7 Å². The Hall–Kier alpha value is -1.65. The van der Waals surface area contributed by atoms with E-state index in [0.29, 0.717) is 18.4 Å². The highest BCUT2D eigenvalue weighted by molar-refractivity contribution is 5.78. The highest BCUT2D eigenvalue weighted by Gasteiger charge is 2.14. The van der Waals surface area contributed by atoms with E-state index >= 15 is 0 Å². The molecule has 5 heteroatoms. The van der Waals surface area contributed by atoms with Gasteiger partial charge in [0.25, 0.3) is 0 Å². The third-order valence-corrected chi connectivity index (χ3v) is 1.82. The van der Waals surface area contributed by atoms with E-state index in [2.05, 4.69) is 4.98 Å². The van der Waals surface area contributed by atoms with Crippen LogP contribution in [0.2, 0.25) is 0 Å². The van der Waals surface area contributed by atoms with Crippen molar-refractivity contribution < 1.29 is 9.59 Å². The molecule has 1 heterocycles. The number of aldehydes is 1. The summed E-state index contributed by atoms with van der Waals surface area (Å²) in [6.45, 7) is 1.84. The van der Waals surface area contributed by atoms with Gasteiger partial charge in [-0.05, 0) is 6.42 Å². The summed E-state index contributed by atoms with van der Waals surface area (Å²) in [7, 11) is 0. The number of rotatable bonds is 4. The van der Waals surface area contributed by atoms with E-state index in [1.165, 1.54) is 12.5 Å². The number of carbonyl (C=O) groups is 2. The van der Waals surface area contributed by atoms with Crippen molar-refractivity contribution in [1.82, 2.24) is 9.55 Å². The van der Waals surface area contributed by atoms with Gasteiger partial charge in [0, 0.05) is 6.20 Å². The van der Waals surface area contributed by atoms with Crippen molar-refractivity contribution >= 4 is 12.2 Å². The third kappa shape index (κ3) is 1.93. The number of aromatic nitrogens is 2. The van der Waals surface area contributed by atoms with Crippen LogP contribution in [0.25, 0.3) is 0 Å². The quantitative estimate of drug-likeness (QED) is 0.670. The molecule has 1 amide bonds. The van der Waals surface area contributed by atoms with E-state index in [1.54, 1.807) is 4.57 Å².